The van der Waals surface area contributed by atoms with Crippen molar-refractivity contribution in [2.75, 3.05) is 24.1 Å². The summed E-state index contributed by atoms with van der Waals surface area (Å²) in [5.74, 6) is -0.0736. The molecule has 1 aliphatic rings. The van der Waals surface area contributed by atoms with Gasteiger partial charge in [0, 0.05) is 23.8 Å². The van der Waals surface area contributed by atoms with Crippen LogP contribution in [0.15, 0.2) is 18.2 Å². The number of aryl methyl sites for hydroxylation is 1. The molecular weight excluding hydrogens is 254 g/mol. The zero-order valence-corrected chi connectivity index (χ0v) is 12.0. The first-order valence-corrected chi connectivity index (χ1v) is 6.92. The molecule has 1 saturated heterocycles. The van der Waals surface area contributed by atoms with E-state index in [1.165, 1.54) is 0 Å². The van der Waals surface area contributed by atoms with Gasteiger partial charge in [-0.25, -0.2) is 0 Å². The molecule has 0 bridgehead atoms. The first-order valence-electron chi connectivity index (χ1n) is 6.92. The fourth-order valence-corrected chi connectivity index (χ4v) is 2.48. The van der Waals surface area contributed by atoms with E-state index in [2.05, 4.69) is 5.32 Å². The number of rotatable bonds is 3. The highest BCUT2D eigenvalue weighted by atomic mass is 16.2. The summed E-state index contributed by atoms with van der Waals surface area (Å²) in [5, 5.41) is 2.83. The summed E-state index contributed by atoms with van der Waals surface area (Å²) in [4.78, 5) is 25.6. The van der Waals surface area contributed by atoms with E-state index in [-0.39, 0.29) is 24.3 Å². The zero-order chi connectivity index (χ0) is 14.7. The topological polar surface area (TPSA) is 75.4 Å². The average molecular weight is 275 g/mol. The van der Waals surface area contributed by atoms with Crippen molar-refractivity contribution in [1.29, 1.82) is 0 Å². The Morgan fingerprint density at radius 1 is 1.50 bits per heavy atom. The highest BCUT2D eigenvalue weighted by Gasteiger charge is 2.26. The van der Waals surface area contributed by atoms with E-state index in [1.807, 2.05) is 19.9 Å². The van der Waals surface area contributed by atoms with Crippen LogP contribution in [0.25, 0.3) is 0 Å². The molecule has 1 aromatic rings. The van der Waals surface area contributed by atoms with E-state index in [0.29, 0.717) is 12.2 Å². The second-order valence-corrected chi connectivity index (χ2v) is 5.43. The number of nitrogen functional groups attached to an aromatic ring is 1. The number of likely N-dealkylation sites (tertiary alicyclic amines) is 1. The molecular formula is C15H21N3O2. The molecule has 1 aromatic carbocycles. The van der Waals surface area contributed by atoms with Crippen LogP contribution in [0.1, 0.15) is 25.3 Å². The summed E-state index contributed by atoms with van der Waals surface area (Å²) in [6, 6.07) is 5.34. The standard InChI is InChI=1S/C15H21N3O2/c1-10-4-3-7-18(15(10)20)9-14(19)17-13-6-5-12(16)8-11(13)2/h5-6,8,10H,3-4,7,9,16H2,1-2H3,(H,17,19). The maximum atomic E-state index is 12.0. The Bertz CT molecular complexity index is 528. The van der Waals surface area contributed by atoms with Gasteiger partial charge in [0.1, 0.15) is 0 Å². The molecule has 1 unspecified atom stereocenters. The van der Waals surface area contributed by atoms with Crippen LogP contribution in [0.5, 0.6) is 0 Å². The lowest BCUT2D eigenvalue weighted by Gasteiger charge is -2.30. The Morgan fingerprint density at radius 2 is 2.25 bits per heavy atom. The van der Waals surface area contributed by atoms with Gasteiger partial charge in [-0.1, -0.05) is 6.92 Å². The number of nitrogens with zero attached hydrogens (tertiary/aromatic N) is 1. The third kappa shape index (κ3) is 3.29. The van der Waals surface area contributed by atoms with E-state index < -0.39 is 0 Å². The molecule has 1 aliphatic heterocycles. The van der Waals surface area contributed by atoms with Gasteiger partial charge < -0.3 is 16.0 Å². The smallest absolute Gasteiger partial charge is 0.244 e. The van der Waals surface area contributed by atoms with Crippen LogP contribution < -0.4 is 11.1 Å². The molecule has 5 nitrogen and oxygen atoms in total. The van der Waals surface area contributed by atoms with E-state index in [4.69, 9.17) is 5.73 Å². The Kier molecular flexibility index (Phi) is 4.27. The number of amides is 2. The van der Waals surface area contributed by atoms with E-state index in [9.17, 15) is 9.59 Å². The van der Waals surface area contributed by atoms with Crippen molar-refractivity contribution in [3.8, 4) is 0 Å². The summed E-state index contributed by atoms with van der Waals surface area (Å²) in [5.41, 5.74) is 7.99. The van der Waals surface area contributed by atoms with Crippen molar-refractivity contribution in [1.82, 2.24) is 4.90 Å². The first-order chi connectivity index (χ1) is 9.47. The minimum atomic E-state index is -0.166. The summed E-state index contributed by atoms with van der Waals surface area (Å²) in [6.45, 7) is 4.58. The second kappa shape index (κ2) is 5.94. The van der Waals surface area contributed by atoms with Crippen molar-refractivity contribution in [3.05, 3.63) is 23.8 Å². The molecule has 0 saturated carbocycles. The van der Waals surface area contributed by atoms with Crippen LogP contribution in [-0.4, -0.2) is 29.8 Å². The van der Waals surface area contributed by atoms with E-state index >= 15 is 0 Å². The largest absolute Gasteiger partial charge is 0.399 e. The Labute approximate surface area is 119 Å². The predicted molar refractivity (Wildman–Crippen MR) is 79.2 cm³/mol. The first kappa shape index (κ1) is 14.4. The van der Waals surface area contributed by atoms with Crippen LogP contribution in [0, 0.1) is 12.8 Å². The summed E-state index contributed by atoms with van der Waals surface area (Å²) < 4.78 is 0. The Balaban J connectivity index is 1.97. The van der Waals surface area contributed by atoms with Crippen LogP contribution in [0.3, 0.4) is 0 Å². The lowest BCUT2D eigenvalue weighted by molar-refractivity contribution is -0.140. The molecule has 0 aromatic heterocycles. The number of anilines is 2. The van der Waals surface area contributed by atoms with Gasteiger partial charge >= 0.3 is 0 Å². The molecule has 0 aliphatic carbocycles. The van der Waals surface area contributed by atoms with Crippen molar-refractivity contribution < 1.29 is 9.59 Å². The molecule has 0 radical (unpaired) electrons. The highest BCUT2D eigenvalue weighted by Crippen LogP contribution is 2.19. The molecule has 0 spiro atoms. The van der Waals surface area contributed by atoms with Gasteiger partial charge in [-0.15, -0.1) is 0 Å². The second-order valence-electron chi connectivity index (χ2n) is 5.43. The molecule has 108 valence electrons. The SMILES string of the molecule is Cc1cc(N)ccc1NC(=O)CN1CCCC(C)C1=O. The minimum absolute atomic E-state index is 0.0230. The fourth-order valence-electron chi connectivity index (χ4n) is 2.48. The normalized spacial score (nSPS) is 19.0. The van der Waals surface area contributed by atoms with E-state index in [0.717, 1.165) is 24.1 Å². The third-order valence-corrected chi connectivity index (χ3v) is 3.66. The molecule has 1 fully saturated rings. The molecule has 1 heterocycles. The summed E-state index contributed by atoms with van der Waals surface area (Å²) in [7, 11) is 0. The lowest BCUT2D eigenvalue weighted by Crippen LogP contribution is -2.44. The van der Waals surface area contributed by atoms with Crippen LogP contribution in [0.4, 0.5) is 11.4 Å². The average Bonchev–Trinajstić information content (AvgIpc) is 2.38. The van der Waals surface area contributed by atoms with Crippen molar-refractivity contribution in [3.63, 3.8) is 0 Å². The maximum Gasteiger partial charge on any atom is 0.244 e. The number of nitrogens with two attached hydrogens (primary N) is 1. The number of carbonyl (C=O) groups excluding carboxylic acids is 2. The number of hydrogen-bond donors (Lipinski definition) is 2. The van der Waals surface area contributed by atoms with E-state index in [1.54, 1.807) is 17.0 Å². The number of hydrogen-bond acceptors (Lipinski definition) is 3. The number of benzene rings is 1. The quantitative estimate of drug-likeness (QED) is 0.826. The summed E-state index contributed by atoms with van der Waals surface area (Å²) >= 11 is 0. The monoisotopic (exact) mass is 275 g/mol. The molecule has 1 atom stereocenters. The molecule has 2 amide bonds. The molecule has 2 rings (SSSR count). The highest BCUT2D eigenvalue weighted by molar-refractivity contribution is 5.95. The zero-order valence-electron chi connectivity index (χ0n) is 12.0. The predicted octanol–water partition coefficient (Wildman–Crippen LogP) is 1.77. The van der Waals surface area contributed by atoms with Gasteiger partial charge in [-0.3, -0.25) is 9.59 Å². The lowest BCUT2D eigenvalue weighted by atomic mass is 9.99. The van der Waals surface area contributed by atoms with Gasteiger partial charge in [-0.05, 0) is 43.5 Å². The molecule has 20 heavy (non-hydrogen) atoms. The van der Waals surface area contributed by atoms with Gasteiger partial charge in [0.2, 0.25) is 11.8 Å². The third-order valence-electron chi connectivity index (χ3n) is 3.66. The molecule has 5 heteroatoms. The van der Waals surface area contributed by atoms with Gasteiger partial charge in [0.05, 0.1) is 6.54 Å². The number of nitrogens with one attached hydrogen (secondary N) is 1. The van der Waals surface area contributed by atoms with Crippen LogP contribution in [0.2, 0.25) is 0 Å². The van der Waals surface area contributed by atoms with Crippen molar-refractivity contribution in [2.45, 2.75) is 26.7 Å². The Morgan fingerprint density at radius 3 is 2.95 bits per heavy atom. The van der Waals surface area contributed by atoms with Gasteiger partial charge in [0.25, 0.3) is 0 Å². The molecule has 3 N–H and O–H groups in total. The maximum absolute atomic E-state index is 12.0. The minimum Gasteiger partial charge on any atom is -0.399 e. The van der Waals surface area contributed by atoms with Crippen molar-refractivity contribution in [2.24, 2.45) is 5.92 Å². The number of piperidine rings is 1. The van der Waals surface area contributed by atoms with Crippen molar-refractivity contribution >= 4 is 23.2 Å². The Hall–Kier alpha value is -2.04. The van der Waals surface area contributed by atoms with Crippen LogP contribution in [-0.2, 0) is 9.59 Å². The van der Waals surface area contributed by atoms with Crippen LogP contribution >= 0.6 is 0 Å². The summed E-state index contributed by atoms with van der Waals surface area (Å²) in [6.07, 6.45) is 1.87. The number of carbonyl (C=O) groups is 2. The van der Waals surface area contributed by atoms with Gasteiger partial charge in [-0.2, -0.15) is 0 Å². The van der Waals surface area contributed by atoms with Gasteiger partial charge in [0.15, 0.2) is 0 Å². The fraction of sp³-hybridized carbons (Fsp3) is 0.467.